The number of carbonyl (C=O) groups is 1. The van der Waals surface area contributed by atoms with Crippen LogP contribution in [0.2, 0.25) is 0 Å². The molecular formula is C14H21NO5. The van der Waals surface area contributed by atoms with Crippen LogP contribution in [-0.4, -0.2) is 55.6 Å². The number of carbonyl (C=O) groups excluding carboxylic acids is 1. The maximum Gasteiger partial charge on any atom is 0.358 e. The molecule has 6 heteroatoms. The van der Waals surface area contributed by atoms with E-state index in [-0.39, 0.29) is 18.8 Å². The number of aliphatic hydroxyl groups is 1. The first-order valence-electron chi connectivity index (χ1n) is 6.76. The van der Waals surface area contributed by atoms with E-state index in [2.05, 4.69) is 0 Å². The van der Waals surface area contributed by atoms with Crippen LogP contribution in [-0.2, 0) is 19.0 Å². The van der Waals surface area contributed by atoms with Gasteiger partial charge in [0.05, 0.1) is 26.9 Å². The van der Waals surface area contributed by atoms with Gasteiger partial charge in [-0.2, -0.15) is 0 Å². The minimum atomic E-state index is -0.475. The molecule has 0 bridgehead atoms. The monoisotopic (exact) mass is 283 g/mol. The molecule has 6 nitrogen and oxygen atoms in total. The molecule has 0 saturated carbocycles. The van der Waals surface area contributed by atoms with Crippen molar-refractivity contribution in [1.82, 2.24) is 4.90 Å². The van der Waals surface area contributed by atoms with Crippen molar-refractivity contribution in [3.63, 3.8) is 0 Å². The van der Waals surface area contributed by atoms with Crippen molar-refractivity contribution in [3.8, 4) is 0 Å². The van der Waals surface area contributed by atoms with Gasteiger partial charge in [0.2, 0.25) is 0 Å². The largest absolute Gasteiger partial charge is 0.495 e. The normalized spacial score (nSPS) is 25.4. The molecule has 0 amide bonds. The highest BCUT2D eigenvalue weighted by molar-refractivity contribution is 5.89. The molecule has 0 aliphatic carbocycles. The highest BCUT2D eigenvalue weighted by atomic mass is 16.5. The zero-order valence-corrected chi connectivity index (χ0v) is 12.1. The van der Waals surface area contributed by atoms with Crippen LogP contribution >= 0.6 is 0 Å². The predicted octanol–water partition coefficient (Wildman–Crippen LogP) is 0.777. The Morgan fingerprint density at radius 3 is 2.80 bits per heavy atom. The van der Waals surface area contributed by atoms with Gasteiger partial charge >= 0.3 is 5.97 Å². The number of esters is 1. The highest BCUT2D eigenvalue weighted by Crippen LogP contribution is 2.38. The third-order valence-corrected chi connectivity index (χ3v) is 3.64. The van der Waals surface area contributed by atoms with Gasteiger partial charge < -0.3 is 24.2 Å². The van der Waals surface area contributed by atoms with Crippen LogP contribution < -0.4 is 0 Å². The van der Waals surface area contributed by atoms with E-state index in [4.69, 9.17) is 14.2 Å². The summed E-state index contributed by atoms with van der Waals surface area (Å²) >= 11 is 0. The Morgan fingerprint density at radius 1 is 1.50 bits per heavy atom. The lowest BCUT2D eigenvalue weighted by molar-refractivity contribution is -0.138. The molecule has 2 aliphatic rings. The maximum absolute atomic E-state index is 12.1. The van der Waals surface area contributed by atoms with Gasteiger partial charge in [-0.1, -0.05) is 0 Å². The van der Waals surface area contributed by atoms with E-state index < -0.39 is 5.97 Å². The quantitative estimate of drug-likeness (QED) is 0.752. The van der Waals surface area contributed by atoms with Gasteiger partial charge in [-0.25, -0.2) is 4.79 Å². The zero-order valence-electron chi connectivity index (χ0n) is 12.1. The van der Waals surface area contributed by atoms with Gasteiger partial charge in [0.25, 0.3) is 0 Å². The molecule has 0 aromatic heterocycles. The van der Waals surface area contributed by atoms with Crippen molar-refractivity contribution in [2.45, 2.75) is 31.9 Å². The average molecular weight is 283 g/mol. The molecule has 0 spiro atoms. The summed E-state index contributed by atoms with van der Waals surface area (Å²) in [6, 6.07) is -0.122. The molecular weight excluding hydrogens is 262 g/mol. The Balaban J connectivity index is 2.46. The molecule has 0 radical (unpaired) electrons. The fraction of sp³-hybridized carbons (Fsp3) is 0.643. The van der Waals surface area contributed by atoms with Crippen molar-refractivity contribution in [2.24, 2.45) is 0 Å². The van der Waals surface area contributed by atoms with Crippen molar-refractivity contribution < 1.29 is 24.1 Å². The summed E-state index contributed by atoms with van der Waals surface area (Å²) < 4.78 is 15.9. The van der Waals surface area contributed by atoms with Crippen LogP contribution in [0.25, 0.3) is 0 Å². The highest BCUT2D eigenvalue weighted by Gasteiger charge is 2.41. The Labute approximate surface area is 118 Å². The van der Waals surface area contributed by atoms with Gasteiger partial charge in [-0.15, -0.1) is 0 Å². The third-order valence-electron chi connectivity index (χ3n) is 3.64. The number of rotatable bonds is 5. The molecule has 2 heterocycles. The standard InChI is InChI=1S/C14H21NO5/c1-4-20-11-7-9-5-6-10(8-16)15(9)12(13(11)18-2)14(17)19-3/h7,10-11,16H,4-6,8H2,1-3H3. The van der Waals surface area contributed by atoms with E-state index in [1.165, 1.54) is 14.2 Å². The third kappa shape index (κ3) is 2.41. The predicted molar refractivity (Wildman–Crippen MR) is 71.5 cm³/mol. The van der Waals surface area contributed by atoms with Crippen LogP contribution in [0.15, 0.2) is 23.2 Å². The fourth-order valence-corrected chi connectivity index (χ4v) is 2.78. The number of fused-ring (bicyclic) bond motifs is 1. The molecule has 0 aromatic carbocycles. The van der Waals surface area contributed by atoms with Gasteiger partial charge in [-0.05, 0) is 25.8 Å². The topological polar surface area (TPSA) is 68.2 Å². The Morgan fingerprint density at radius 2 is 2.25 bits per heavy atom. The Bertz CT molecular complexity index is 443. The van der Waals surface area contributed by atoms with Crippen molar-refractivity contribution in [3.05, 3.63) is 23.2 Å². The zero-order chi connectivity index (χ0) is 14.7. The first-order valence-corrected chi connectivity index (χ1v) is 6.76. The number of ether oxygens (including phenoxy) is 3. The van der Waals surface area contributed by atoms with Gasteiger partial charge in [0.1, 0.15) is 6.10 Å². The Kier molecular flexibility index (Phi) is 4.67. The number of allylic oxidation sites excluding steroid dienone is 1. The van der Waals surface area contributed by atoms with E-state index >= 15 is 0 Å². The summed E-state index contributed by atoms with van der Waals surface area (Å²) in [6.07, 6.45) is 3.15. The van der Waals surface area contributed by atoms with E-state index in [9.17, 15) is 9.90 Å². The molecule has 1 saturated heterocycles. The average Bonchev–Trinajstić information content (AvgIpc) is 2.87. The fourth-order valence-electron chi connectivity index (χ4n) is 2.78. The summed E-state index contributed by atoms with van der Waals surface area (Å²) in [7, 11) is 2.84. The lowest BCUT2D eigenvalue weighted by Gasteiger charge is -2.34. The molecule has 2 rings (SSSR count). The molecule has 2 aliphatic heterocycles. The van der Waals surface area contributed by atoms with E-state index in [0.717, 1.165) is 18.5 Å². The molecule has 1 fully saturated rings. The lowest BCUT2D eigenvalue weighted by atomic mass is 10.1. The molecule has 1 N–H and O–H groups in total. The maximum atomic E-state index is 12.1. The summed E-state index contributed by atoms with van der Waals surface area (Å²) in [5, 5.41) is 9.49. The van der Waals surface area contributed by atoms with E-state index in [1.807, 2.05) is 17.9 Å². The summed E-state index contributed by atoms with van der Waals surface area (Å²) in [6.45, 7) is 2.38. The number of hydrogen-bond acceptors (Lipinski definition) is 6. The number of nitrogens with zero attached hydrogens (tertiary/aromatic N) is 1. The molecule has 112 valence electrons. The second-order valence-electron chi connectivity index (χ2n) is 4.69. The molecule has 2 unspecified atom stereocenters. The number of hydrogen-bond donors (Lipinski definition) is 1. The second-order valence-corrected chi connectivity index (χ2v) is 4.69. The van der Waals surface area contributed by atoms with Crippen LogP contribution in [0.5, 0.6) is 0 Å². The van der Waals surface area contributed by atoms with E-state index in [1.54, 1.807) is 0 Å². The van der Waals surface area contributed by atoms with Crippen LogP contribution in [0, 0.1) is 0 Å². The van der Waals surface area contributed by atoms with Crippen LogP contribution in [0.4, 0.5) is 0 Å². The van der Waals surface area contributed by atoms with Crippen molar-refractivity contribution >= 4 is 5.97 Å². The van der Waals surface area contributed by atoms with Crippen molar-refractivity contribution in [2.75, 3.05) is 27.4 Å². The first-order chi connectivity index (χ1) is 9.67. The van der Waals surface area contributed by atoms with Gasteiger partial charge in [0, 0.05) is 12.3 Å². The lowest BCUT2D eigenvalue weighted by Crippen LogP contribution is -2.40. The SMILES string of the molecule is CCOC1C=C2CCC(CO)N2C(C(=O)OC)=C1OC. The Hall–Kier alpha value is -1.53. The number of methoxy groups -OCH3 is 2. The summed E-state index contributed by atoms with van der Waals surface area (Å²) in [5.41, 5.74) is 1.31. The van der Waals surface area contributed by atoms with Crippen LogP contribution in [0.1, 0.15) is 19.8 Å². The summed E-state index contributed by atoms with van der Waals surface area (Å²) in [5.74, 6) is -0.0414. The second kappa shape index (κ2) is 6.28. The summed E-state index contributed by atoms with van der Waals surface area (Å²) in [4.78, 5) is 13.9. The minimum absolute atomic E-state index is 0.0197. The van der Waals surface area contributed by atoms with Gasteiger partial charge in [0.15, 0.2) is 11.5 Å². The van der Waals surface area contributed by atoms with E-state index in [0.29, 0.717) is 18.1 Å². The molecule has 20 heavy (non-hydrogen) atoms. The van der Waals surface area contributed by atoms with Crippen LogP contribution in [0.3, 0.4) is 0 Å². The smallest absolute Gasteiger partial charge is 0.358 e. The molecule has 2 atom stereocenters. The van der Waals surface area contributed by atoms with Crippen molar-refractivity contribution in [1.29, 1.82) is 0 Å². The number of aliphatic hydroxyl groups excluding tert-OH is 1. The molecule has 0 aromatic rings. The first kappa shape index (κ1) is 14.9. The minimum Gasteiger partial charge on any atom is -0.495 e. The van der Waals surface area contributed by atoms with Gasteiger partial charge in [-0.3, -0.25) is 0 Å².